The van der Waals surface area contributed by atoms with Crippen molar-refractivity contribution < 1.29 is 0 Å². The molecular formula is C21H26. The molecule has 0 aromatic heterocycles. The van der Waals surface area contributed by atoms with Crippen molar-refractivity contribution in [1.82, 2.24) is 0 Å². The largest absolute Gasteiger partial charge is 0.0881 e. The van der Waals surface area contributed by atoms with Crippen molar-refractivity contribution in [1.29, 1.82) is 0 Å². The highest BCUT2D eigenvalue weighted by atomic mass is 14.1. The van der Waals surface area contributed by atoms with Gasteiger partial charge < -0.3 is 0 Å². The monoisotopic (exact) mass is 278 g/mol. The van der Waals surface area contributed by atoms with Crippen LogP contribution in [0.15, 0.2) is 71.9 Å². The Morgan fingerprint density at radius 2 is 1.95 bits per heavy atom. The molecule has 1 aliphatic carbocycles. The SMILES string of the molecule is C/C=C(/CCCC1=CC=CCC=C1)Cc1ccc(C)cc1. The predicted octanol–water partition coefficient (Wildman–Crippen LogP) is 6.10. The summed E-state index contributed by atoms with van der Waals surface area (Å²) < 4.78 is 0. The second-order valence-electron chi connectivity index (χ2n) is 5.77. The molecule has 0 nitrogen and oxygen atoms in total. The van der Waals surface area contributed by atoms with E-state index in [0.717, 1.165) is 12.8 Å². The van der Waals surface area contributed by atoms with Gasteiger partial charge in [0.1, 0.15) is 0 Å². The molecule has 0 fully saturated rings. The van der Waals surface area contributed by atoms with Crippen molar-refractivity contribution in [3.05, 3.63) is 83.0 Å². The molecule has 1 aromatic carbocycles. The Kier molecular flexibility index (Phi) is 6.27. The first kappa shape index (κ1) is 15.6. The van der Waals surface area contributed by atoms with Gasteiger partial charge in [-0.1, -0.05) is 71.9 Å². The Morgan fingerprint density at radius 3 is 2.71 bits per heavy atom. The van der Waals surface area contributed by atoms with Crippen LogP contribution in [-0.4, -0.2) is 0 Å². The summed E-state index contributed by atoms with van der Waals surface area (Å²) in [5.74, 6) is 0. The Labute approximate surface area is 129 Å². The van der Waals surface area contributed by atoms with Crippen molar-refractivity contribution in [2.75, 3.05) is 0 Å². The van der Waals surface area contributed by atoms with Crippen LogP contribution in [0.1, 0.15) is 43.7 Å². The molecule has 0 radical (unpaired) electrons. The maximum atomic E-state index is 2.29. The molecular weight excluding hydrogens is 252 g/mol. The fourth-order valence-electron chi connectivity index (χ4n) is 2.61. The lowest BCUT2D eigenvalue weighted by molar-refractivity contribution is 0.794. The van der Waals surface area contributed by atoms with Gasteiger partial charge in [-0.05, 0) is 57.1 Å². The molecule has 0 spiro atoms. The van der Waals surface area contributed by atoms with E-state index in [1.807, 2.05) is 0 Å². The first-order chi connectivity index (χ1) is 10.3. The average molecular weight is 278 g/mol. The van der Waals surface area contributed by atoms with E-state index in [0.29, 0.717) is 0 Å². The molecule has 0 amide bonds. The van der Waals surface area contributed by atoms with Crippen LogP contribution < -0.4 is 0 Å². The van der Waals surface area contributed by atoms with Gasteiger partial charge >= 0.3 is 0 Å². The second-order valence-corrected chi connectivity index (χ2v) is 5.77. The summed E-state index contributed by atoms with van der Waals surface area (Å²) in [5.41, 5.74) is 5.76. The lowest BCUT2D eigenvalue weighted by Crippen LogP contribution is -1.92. The van der Waals surface area contributed by atoms with Gasteiger partial charge in [0.05, 0.1) is 0 Å². The first-order valence-corrected chi connectivity index (χ1v) is 8.00. The highest BCUT2D eigenvalue weighted by Gasteiger charge is 2.01. The van der Waals surface area contributed by atoms with Gasteiger partial charge in [-0.15, -0.1) is 0 Å². The van der Waals surface area contributed by atoms with E-state index in [9.17, 15) is 0 Å². The maximum absolute atomic E-state index is 2.29. The topological polar surface area (TPSA) is 0 Å². The fourth-order valence-corrected chi connectivity index (χ4v) is 2.61. The van der Waals surface area contributed by atoms with E-state index in [1.165, 1.54) is 36.0 Å². The van der Waals surface area contributed by atoms with Crippen LogP contribution in [0, 0.1) is 6.92 Å². The molecule has 1 aromatic rings. The van der Waals surface area contributed by atoms with Crippen LogP contribution in [0.5, 0.6) is 0 Å². The Balaban J connectivity index is 1.81. The van der Waals surface area contributed by atoms with Crippen molar-refractivity contribution in [2.24, 2.45) is 0 Å². The van der Waals surface area contributed by atoms with Gasteiger partial charge in [0.15, 0.2) is 0 Å². The van der Waals surface area contributed by atoms with Crippen LogP contribution in [0.3, 0.4) is 0 Å². The highest BCUT2D eigenvalue weighted by Crippen LogP contribution is 2.18. The van der Waals surface area contributed by atoms with Gasteiger partial charge in [0.2, 0.25) is 0 Å². The molecule has 0 unspecified atom stereocenters. The fraction of sp³-hybridized carbons (Fsp3) is 0.333. The Morgan fingerprint density at radius 1 is 1.14 bits per heavy atom. The van der Waals surface area contributed by atoms with Crippen LogP contribution in [0.4, 0.5) is 0 Å². The number of benzene rings is 1. The zero-order valence-electron chi connectivity index (χ0n) is 13.3. The zero-order valence-corrected chi connectivity index (χ0v) is 13.3. The minimum atomic E-state index is 1.06. The summed E-state index contributed by atoms with van der Waals surface area (Å²) >= 11 is 0. The molecule has 0 heteroatoms. The number of allylic oxidation sites excluding steroid dienone is 8. The van der Waals surface area contributed by atoms with Crippen molar-refractivity contribution in [2.45, 2.75) is 46.0 Å². The lowest BCUT2D eigenvalue weighted by Gasteiger charge is -2.08. The van der Waals surface area contributed by atoms with Gasteiger partial charge in [-0.2, -0.15) is 0 Å². The van der Waals surface area contributed by atoms with Crippen molar-refractivity contribution in [3.63, 3.8) is 0 Å². The second kappa shape index (κ2) is 8.46. The van der Waals surface area contributed by atoms with E-state index in [2.05, 4.69) is 74.6 Å². The maximum Gasteiger partial charge on any atom is -0.00672 e. The number of aryl methyl sites for hydroxylation is 1. The van der Waals surface area contributed by atoms with E-state index < -0.39 is 0 Å². The first-order valence-electron chi connectivity index (χ1n) is 8.00. The molecule has 2 rings (SSSR count). The summed E-state index contributed by atoms with van der Waals surface area (Å²) in [5, 5.41) is 0. The van der Waals surface area contributed by atoms with E-state index in [4.69, 9.17) is 0 Å². The lowest BCUT2D eigenvalue weighted by atomic mass is 9.97. The number of rotatable bonds is 6. The summed E-state index contributed by atoms with van der Waals surface area (Å²) in [6.07, 6.45) is 19.2. The Bertz CT molecular complexity index is 550. The molecule has 1 aliphatic rings. The molecule has 110 valence electrons. The van der Waals surface area contributed by atoms with Crippen LogP contribution in [0.25, 0.3) is 0 Å². The van der Waals surface area contributed by atoms with Gasteiger partial charge in [0, 0.05) is 0 Å². The zero-order chi connectivity index (χ0) is 14.9. The van der Waals surface area contributed by atoms with Gasteiger partial charge in [-0.3, -0.25) is 0 Å². The number of hydrogen-bond donors (Lipinski definition) is 0. The number of hydrogen-bond acceptors (Lipinski definition) is 0. The van der Waals surface area contributed by atoms with Crippen molar-refractivity contribution in [3.8, 4) is 0 Å². The summed E-state index contributed by atoms with van der Waals surface area (Å²) in [4.78, 5) is 0. The standard InChI is InChI=1S/C21H26/c1-3-19(17-21-15-13-18(2)14-16-21)11-8-12-20-9-6-4-5-7-10-20/h3-4,6-7,9-10,13-16H,5,8,11-12,17H2,1-2H3/b19-3-. The molecule has 0 saturated heterocycles. The Hall–Kier alpha value is -1.82. The quantitative estimate of drug-likeness (QED) is 0.552. The average Bonchev–Trinajstić information content (AvgIpc) is 2.77. The third-order valence-electron chi connectivity index (χ3n) is 3.97. The minimum Gasteiger partial charge on any atom is -0.0881 e. The van der Waals surface area contributed by atoms with Crippen LogP contribution >= 0.6 is 0 Å². The summed E-state index contributed by atoms with van der Waals surface area (Å²) in [6, 6.07) is 8.91. The van der Waals surface area contributed by atoms with Crippen LogP contribution in [-0.2, 0) is 6.42 Å². The molecule has 21 heavy (non-hydrogen) atoms. The molecule has 0 aliphatic heterocycles. The molecule has 0 N–H and O–H groups in total. The van der Waals surface area contributed by atoms with Gasteiger partial charge in [-0.25, -0.2) is 0 Å². The molecule has 0 atom stereocenters. The van der Waals surface area contributed by atoms with Crippen molar-refractivity contribution >= 4 is 0 Å². The van der Waals surface area contributed by atoms with Gasteiger partial charge in [0.25, 0.3) is 0 Å². The predicted molar refractivity (Wildman–Crippen MR) is 93.5 cm³/mol. The third kappa shape index (κ3) is 5.59. The smallest absolute Gasteiger partial charge is 0.00672 e. The summed E-state index contributed by atoms with van der Waals surface area (Å²) in [7, 11) is 0. The van der Waals surface area contributed by atoms with Crippen LogP contribution in [0.2, 0.25) is 0 Å². The summed E-state index contributed by atoms with van der Waals surface area (Å²) in [6.45, 7) is 4.31. The molecule has 0 bridgehead atoms. The molecule has 0 saturated carbocycles. The third-order valence-corrected chi connectivity index (χ3v) is 3.97. The van der Waals surface area contributed by atoms with E-state index in [1.54, 1.807) is 5.57 Å². The molecule has 0 heterocycles. The minimum absolute atomic E-state index is 1.06. The normalized spacial score (nSPS) is 15.0. The van der Waals surface area contributed by atoms with E-state index in [-0.39, 0.29) is 0 Å². The highest BCUT2D eigenvalue weighted by molar-refractivity contribution is 5.28. The van der Waals surface area contributed by atoms with E-state index >= 15 is 0 Å².